The first-order chi connectivity index (χ1) is 11.0. The minimum Gasteiger partial charge on any atom is -0.494 e. The van der Waals surface area contributed by atoms with Crippen LogP contribution in [-0.2, 0) is 11.2 Å². The highest BCUT2D eigenvalue weighted by Crippen LogP contribution is 2.35. The molecule has 0 saturated heterocycles. The largest absolute Gasteiger partial charge is 0.494 e. The minimum absolute atomic E-state index is 0.127. The van der Waals surface area contributed by atoms with E-state index in [1.807, 2.05) is 0 Å². The predicted octanol–water partition coefficient (Wildman–Crippen LogP) is 4.26. The molecule has 0 spiro atoms. The fourth-order valence-electron chi connectivity index (χ4n) is 2.64. The minimum atomic E-state index is -0.971. The van der Waals surface area contributed by atoms with Gasteiger partial charge in [0.05, 0.1) is 29.8 Å². The molecule has 0 aliphatic rings. The molecule has 0 unspecified atom stereocenters. The Hall–Kier alpha value is -2.53. The van der Waals surface area contributed by atoms with Gasteiger partial charge in [-0.1, -0.05) is 23.7 Å². The van der Waals surface area contributed by atoms with Crippen molar-refractivity contribution in [2.24, 2.45) is 0 Å². The van der Waals surface area contributed by atoms with E-state index in [4.69, 9.17) is 16.3 Å². The van der Waals surface area contributed by atoms with Gasteiger partial charge in [-0.05, 0) is 29.8 Å². The molecule has 0 amide bonds. The van der Waals surface area contributed by atoms with Gasteiger partial charge in [-0.2, -0.15) is 0 Å². The maximum atomic E-state index is 14.0. The Morgan fingerprint density at radius 2 is 2.13 bits per heavy atom. The summed E-state index contributed by atoms with van der Waals surface area (Å²) < 4.78 is 18.9. The Balaban J connectivity index is 2.25. The Kier molecular flexibility index (Phi) is 3.96. The van der Waals surface area contributed by atoms with E-state index in [0.717, 1.165) is 0 Å². The molecule has 0 aliphatic carbocycles. The standard InChI is InChI=1S/C17H13ClFNO3/c1-23-14-6-5-9(7-13(14)19)16-11(8-15(21)22)10-3-2-4-12(18)17(10)20-16/h2-7,20H,8H2,1H3,(H,21,22). The molecule has 6 heteroatoms. The van der Waals surface area contributed by atoms with Gasteiger partial charge in [0.2, 0.25) is 0 Å². The summed E-state index contributed by atoms with van der Waals surface area (Å²) >= 11 is 6.17. The van der Waals surface area contributed by atoms with Gasteiger partial charge < -0.3 is 14.8 Å². The number of nitrogens with one attached hydrogen (secondary N) is 1. The molecule has 0 bridgehead atoms. The molecule has 3 aromatic rings. The summed E-state index contributed by atoms with van der Waals surface area (Å²) in [4.78, 5) is 14.3. The molecule has 23 heavy (non-hydrogen) atoms. The zero-order valence-electron chi connectivity index (χ0n) is 12.2. The molecule has 0 radical (unpaired) electrons. The van der Waals surface area contributed by atoms with E-state index in [1.165, 1.54) is 19.2 Å². The van der Waals surface area contributed by atoms with Gasteiger partial charge >= 0.3 is 5.97 Å². The molecule has 0 aliphatic heterocycles. The van der Waals surface area contributed by atoms with E-state index in [-0.39, 0.29) is 12.2 Å². The van der Waals surface area contributed by atoms with Gasteiger partial charge in [0.25, 0.3) is 0 Å². The number of methoxy groups -OCH3 is 1. The van der Waals surface area contributed by atoms with Crippen LogP contribution >= 0.6 is 11.6 Å². The molecule has 1 heterocycles. The van der Waals surface area contributed by atoms with Crippen LogP contribution < -0.4 is 4.74 Å². The number of para-hydroxylation sites is 1. The topological polar surface area (TPSA) is 62.3 Å². The molecule has 0 fully saturated rings. The van der Waals surface area contributed by atoms with Crippen molar-refractivity contribution >= 4 is 28.5 Å². The number of carbonyl (C=O) groups is 1. The normalized spacial score (nSPS) is 10.9. The van der Waals surface area contributed by atoms with Gasteiger partial charge in [-0.15, -0.1) is 0 Å². The number of halogens is 2. The van der Waals surface area contributed by atoms with Crippen LogP contribution in [0.15, 0.2) is 36.4 Å². The number of aromatic nitrogens is 1. The summed E-state index contributed by atoms with van der Waals surface area (Å²) in [5.41, 5.74) is 2.28. The van der Waals surface area contributed by atoms with Crippen LogP contribution in [0.1, 0.15) is 5.56 Å². The Bertz CT molecular complexity index is 904. The average Bonchev–Trinajstić information content (AvgIpc) is 2.87. The van der Waals surface area contributed by atoms with Crippen LogP contribution in [0.3, 0.4) is 0 Å². The number of aromatic amines is 1. The summed E-state index contributed by atoms with van der Waals surface area (Å²) in [5, 5.41) is 10.4. The molecule has 118 valence electrons. The fraction of sp³-hybridized carbons (Fsp3) is 0.118. The molecule has 4 nitrogen and oxygen atoms in total. The quantitative estimate of drug-likeness (QED) is 0.749. The fourth-order valence-corrected chi connectivity index (χ4v) is 2.86. The SMILES string of the molecule is COc1ccc(-c2[nH]c3c(Cl)cccc3c2CC(=O)O)cc1F. The van der Waals surface area contributed by atoms with E-state index >= 15 is 0 Å². The first-order valence-electron chi connectivity index (χ1n) is 6.86. The number of fused-ring (bicyclic) bond motifs is 1. The molecular weight excluding hydrogens is 321 g/mol. The zero-order chi connectivity index (χ0) is 16.6. The number of rotatable bonds is 4. The van der Waals surface area contributed by atoms with E-state index in [9.17, 15) is 14.3 Å². The van der Waals surface area contributed by atoms with Crippen molar-refractivity contribution in [1.82, 2.24) is 4.98 Å². The predicted molar refractivity (Wildman–Crippen MR) is 86.6 cm³/mol. The van der Waals surface area contributed by atoms with Gasteiger partial charge in [0.15, 0.2) is 11.6 Å². The number of carboxylic acids is 1. The van der Waals surface area contributed by atoms with E-state index < -0.39 is 11.8 Å². The second-order valence-corrected chi connectivity index (χ2v) is 5.47. The molecule has 2 aromatic carbocycles. The van der Waals surface area contributed by atoms with Crippen molar-refractivity contribution in [2.45, 2.75) is 6.42 Å². The number of benzene rings is 2. The number of H-pyrrole nitrogens is 1. The van der Waals surface area contributed by atoms with Crippen LogP contribution in [0, 0.1) is 5.82 Å². The number of ether oxygens (including phenoxy) is 1. The molecule has 2 N–H and O–H groups in total. The summed E-state index contributed by atoms with van der Waals surface area (Å²) in [7, 11) is 1.39. The van der Waals surface area contributed by atoms with Crippen LogP contribution in [0.4, 0.5) is 4.39 Å². The summed E-state index contributed by atoms with van der Waals surface area (Å²) in [6, 6.07) is 9.74. The molecular formula is C17H13ClFNO3. The summed E-state index contributed by atoms with van der Waals surface area (Å²) in [6.07, 6.45) is -0.191. The Labute approximate surface area is 136 Å². The maximum absolute atomic E-state index is 14.0. The third kappa shape index (κ3) is 2.75. The lowest BCUT2D eigenvalue weighted by atomic mass is 10.0. The van der Waals surface area contributed by atoms with Crippen LogP contribution in [0.2, 0.25) is 5.02 Å². The number of hydrogen-bond donors (Lipinski definition) is 2. The van der Waals surface area contributed by atoms with Crippen molar-refractivity contribution in [2.75, 3.05) is 7.11 Å². The molecule has 0 saturated carbocycles. The summed E-state index contributed by atoms with van der Waals surface area (Å²) in [5.74, 6) is -1.36. The lowest BCUT2D eigenvalue weighted by Crippen LogP contribution is -2.01. The van der Waals surface area contributed by atoms with Gasteiger partial charge in [0.1, 0.15) is 0 Å². The van der Waals surface area contributed by atoms with Crippen molar-refractivity contribution in [1.29, 1.82) is 0 Å². The highest BCUT2D eigenvalue weighted by molar-refractivity contribution is 6.35. The van der Waals surface area contributed by atoms with E-state index in [0.29, 0.717) is 32.7 Å². The van der Waals surface area contributed by atoms with E-state index in [1.54, 1.807) is 24.3 Å². The van der Waals surface area contributed by atoms with Crippen LogP contribution in [0.5, 0.6) is 5.75 Å². The average molecular weight is 334 g/mol. The number of carboxylic acid groups (broad SMARTS) is 1. The van der Waals surface area contributed by atoms with Crippen LogP contribution in [-0.4, -0.2) is 23.2 Å². The highest BCUT2D eigenvalue weighted by atomic mass is 35.5. The third-order valence-corrected chi connectivity index (χ3v) is 3.97. The number of aliphatic carboxylic acids is 1. The lowest BCUT2D eigenvalue weighted by Gasteiger charge is -2.06. The first-order valence-corrected chi connectivity index (χ1v) is 7.24. The molecule has 0 atom stereocenters. The highest BCUT2D eigenvalue weighted by Gasteiger charge is 2.18. The Morgan fingerprint density at radius 1 is 1.35 bits per heavy atom. The molecule has 3 rings (SSSR count). The van der Waals surface area contributed by atoms with Gasteiger partial charge in [-0.25, -0.2) is 4.39 Å². The van der Waals surface area contributed by atoms with Crippen molar-refractivity contribution in [3.05, 3.63) is 52.8 Å². The zero-order valence-corrected chi connectivity index (χ0v) is 12.9. The molecule has 1 aromatic heterocycles. The van der Waals surface area contributed by atoms with Crippen molar-refractivity contribution in [3.8, 4) is 17.0 Å². The van der Waals surface area contributed by atoms with Gasteiger partial charge in [-0.3, -0.25) is 4.79 Å². The van der Waals surface area contributed by atoms with Gasteiger partial charge in [0, 0.05) is 10.9 Å². The number of hydrogen-bond acceptors (Lipinski definition) is 2. The third-order valence-electron chi connectivity index (χ3n) is 3.66. The van der Waals surface area contributed by atoms with Crippen LogP contribution in [0.25, 0.3) is 22.2 Å². The van der Waals surface area contributed by atoms with E-state index in [2.05, 4.69) is 4.98 Å². The first kappa shape index (κ1) is 15.4. The van der Waals surface area contributed by atoms with Crippen molar-refractivity contribution < 1.29 is 19.0 Å². The van der Waals surface area contributed by atoms with Crippen molar-refractivity contribution in [3.63, 3.8) is 0 Å². The lowest BCUT2D eigenvalue weighted by molar-refractivity contribution is -0.136. The second kappa shape index (κ2) is 5.93. The summed E-state index contributed by atoms with van der Waals surface area (Å²) in [6.45, 7) is 0. The Morgan fingerprint density at radius 3 is 2.78 bits per heavy atom. The smallest absolute Gasteiger partial charge is 0.307 e. The second-order valence-electron chi connectivity index (χ2n) is 5.06. The maximum Gasteiger partial charge on any atom is 0.307 e. The monoisotopic (exact) mass is 333 g/mol.